The molecule has 0 amide bonds. The lowest BCUT2D eigenvalue weighted by atomic mass is 10.2. The molecule has 0 radical (unpaired) electrons. The maximum absolute atomic E-state index is 7.12. The van der Waals surface area contributed by atoms with Crippen molar-refractivity contribution < 1.29 is 10.0 Å². The van der Waals surface area contributed by atoms with Gasteiger partial charge in [-0.3, -0.25) is 0 Å². The minimum Gasteiger partial charge on any atom is -0.430 e. The summed E-state index contributed by atoms with van der Waals surface area (Å²) in [6.45, 7) is 4.08. The van der Waals surface area contributed by atoms with E-state index in [0.29, 0.717) is 0 Å². The van der Waals surface area contributed by atoms with Crippen molar-refractivity contribution in [3.05, 3.63) is 34.3 Å². The molecule has 0 fully saturated rings. The molecular weight excluding hydrogens is 174 g/mol. The van der Waals surface area contributed by atoms with E-state index in [0.717, 1.165) is 5.02 Å². The van der Waals surface area contributed by atoms with Gasteiger partial charge in [-0.2, -0.15) is 0 Å². The Kier molecular flexibility index (Phi) is 5.81. The van der Waals surface area contributed by atoms with Gasteiger partial charge in [0.2, 0.25) is 0 Å². The Morgan fingerprint density at radius 2 is 1.42 bits per heavy atom. The Morgan fingerprint density at radius 1 is 1.08 bits per heavy atom. The van der Waals surface area contributed by atoms with Gasteiger partial charge in [0.05, 0.1) is 0 Å². The molecule has 0 aliphatic carbocycles. The van der Waals surface area contributed by atoms with Crippen LogP contribution in [0, 0.1) is 13.8 Å². The van der Waals surface area contributed by atoms with E-state index in [4.69, 9.17) is 21.6 Å². The van der Waals surface area contributed by atoms with Crippen LogP contribution in [-0.4, -0.2) is 17.7 Å². The molecule has 0 aliphatic rings. The molecule has 0 heterocycles. The zero-order valence-electron chi connectivity index (χ0n) is 7.21. The van der Waals surface area contributed by atoms with Gasteiger partial charge in [-0.15, -0.1) is 0 Å². The zero-order valence-corrected chi connectivity index (χ0v) is 7.97. The van der Waals surface area contributed by atoms with Crippen LogP contribution in [0.5, 0.6) is 0 Å². The highest BCUT2D eigenvalue weighted by atomic mass is 35.5. The van der Waals surface area contributed by atoms with Gasteiger partial charge in [-0.25, -0.2) is 0 Å². The number of rotatable bonds is 0. The highest BCUT2D eigenvalue weighted by molar-refractivity contribution is 6.30. The topological polar surface area (TPSA) is 40.5 Å². The summed E-state index contributed by atoms with van der Waals surface area (Å²) in [4.78, 5) is 0. The Bertz CT molecular complexity index is 190. The summed E-state index contributed by atoms with van der Waals surface area (Å²) in [6, 6.07) is 6.01. The van der Waals surface area contributed by atoms with E-state index in [1.165, 1.54) is 11.1 Å². The summed E-state index contributed by atoms with van der Waals surface area (Å²) < 4.78 is 0. The first-order chi connectivity index (χ1) is 5.60. The van der Waals surface area contributed by atoms with Crippen molar-refractivity contribution in [2.24, 2.45) is 0 Å². The van der Waals surface area contributed by atoms with E-state index in [1.807, 2.05) is 26.0 Å². The van der Waals surface area contributed by atoms with Gasteiger partial charge in [0.1, 0.15) is 0 Å². The monoisotopic (exact) mass is 186 g/mol. The summed E-state index contributed by atoms with van der Waals surface area (Å²) in [5, 5.41) is 15.1. The molecular formula is C8H12BClO2. The predicted molar refractivity (Wildman–Crippen MR) is 52.5 cm³/mol. The molecule has 0 saturated heterocycles. The molecule has 1 aromatic rings. The SMILES string of the molecule is Cc1cc(C)cc(Cl)c1.OBO. The van der Waals surface area contributed by atoms with Crippen molar-refractivity contribution in [2.75, 3.05) is 0 Å². The molecule has 2 nitrogen and oxygen atoms in total. The second kappa shape index (κ2) is 6.06. The number of benzene rings is 1. The first kappa shape index (κ1) is 11.5. The molecule has 1 rings (SSSR count). The minimum absolute atomic E-state index is 0.750. The second-order valence-corrected chi connectivity index (χ2v) is 2.88. The third kappa shape index (κ3) is 5.19. The van der Waals surface area contributed by atoms with Gasteiger partial charge in [0.15, 0.2) is 0 Å². The van der Waals surface area contributed by atoms with Crippen molar-refractivity contribution in [1.29, 1.82) is 0 Å². The van der Waals surface area contributed by atoms with Crippen molar-refractivity contribution in [2.45, 2.75) is 13.8 Å². The molecule has 0 aliphatic heterocycles. The maximum Gasteiger partial charge on any atom is 0.432 e. The third-order valence-corrected chi connectivity index (χ3v) is 1.40. The quantitative estimate of drug-likeness (QED) is 0.598. The van der Waals surface area contributed by atoms with E-state index in [-0.39, 0.29) is 0 Å². The van der Waals surface area contributed by atoms with Gasteiger partial charge in [-0.1, -0.05) is 17.7 Å². The van der Waals surface area contributed by atoms with Gasteiger partial charge < -0.3 is 10.0 Å². The zero-order chi connectivity index (χ0) is 9.56. The Labute approximate surface area is 78.1 Å². The summed E-state index contributed by atoms with van der Waals surface area (Å²) >= 11 is 5.75. The summed E-state index contributed by atoms with van der Waals surface area (Å²) in [6.07, 6.45) is 0. The third-order valence-electron chi connectivity index (χ3n) is 1.19. The molecule has 2 N–H and O–H groups in total. The lowest BCUT2D eigenvalue weighted by Crippen LogP contribution is -1.75. The van der Waals surface area contributed by atoms with Crippen LogP contribution < -0.4 is 0 Å². The lowest BCUT2D eigenvalue weighted by molar-refractivity contribution is 0.448. The standard InChI is InChI=1S/C8H9Cl.BH3O2/c1-6-3-7(2)5-8(9)4-6;2-1-3/h3-5H,1-2H3;1-3H. The summed E-state index contributed by atoms with van der Waals surface area (Å²) in [7, 11) is -0.750. The van der Waals surface area contributed by atoms with Crippen LogP contribution in [0.1, 0.15) is 11.1 Å². The normalized spacial score (nSPS) is 8.42. The van der Waals surface area contributed by atoms with Crippen LogP contribution in [0.25, 0.3) is 0 Å². The first-order valence-electron chi connectivity index (χ1n) is 3.55. The molecule has 0 bridgehead atoms. The average molecular weight is 186 g/mol. The Balaban J connectivity index is 0.000000354. The summed E-state index contributed by atoms with van der Waals surface area (Å²) in [5.41, 5.74) is 2.44. The van der Waals surface area contributed by atoms with Gasteiger partial charge in [0, 0.05) is 5.02 Å². The van der Waals surface area contributed by atoms with Gasteiger partial charge >= 0.3 is 7.69 Å². The van der Waals surface area contributed by atoms with Crippen LogP contribution in [0.2, 0.25) is 5.02 Å². The van der Waals surface area contributed by atoms with Crippen molar-refractivity contribution in [3.8, 4) is 0 Å². The van der Waals surface area contributed by atoms with Crippen molar-refractivity contribution in [1.82, 2.24) is 0 Å². The first-order valence-corrected chi connectivity index (χ1v) is 3.93. The van der Waals surface area contributed by atoms with Crippen LogP contribution in [0.4, 0.5) is 0 Å². The van der Waals surface area contributed by atoms with E-state index >= 15 is 0 Å². The number of aryl methyl sites for hydroxylation is 2. The van der Waals surface area contributed by atoms with Crippen molar-refractivity contribution >= 4 is 19.3 Å². The smallest absolute Gasteiger partial charge is 0.430 e. The van der Waals surface area contributed by atoms with Crippen LogP contribution in [0.3, 0.4) is 0 Å². The van der Waals surface area contributed by atoms with Gasteiger partial charge in [-0.05, 0) is 37.1 Å². The van der Waals surface area contributed by atoms with Crippen LogP contribution >= 0.6 is 11.6 Å². The fourth-order valence-electron chi connectivity index (χ4n) is 0.919. The highest BCUT2D eigenvalue weighted by Gasteiger charge is 1.89. The molecule has 66 valence electrons. The van der Waals surface area contributed by atoms with Crippen molar-refractivity contribution in [3.63, 3.8) is 0 Å². The summed E-state index contributed by atoms with van der Waals surface area (Å²) in [5.74, 6) is 0. The predicted octanol–water partition coefficient (Wildman–Crippen LogP) is 1.19. The maximum atomic E-state index is 7.12. The van der Waals surface area contributed by atoms with Crippen LogP contribution in [-0.2, 0) is 0 Å². The van der Waals surface area contributed by atoms with E-state index < -0.39 is 7.69 Å². The van der Waals surface area contributed by atoms with E-state index in [9.17, 15) is 0 Å². The fourth-order valence-corrected chi connectivity index (χ4v) is 1.26. The largest absolute Gasteiger partial charge is 0.432 e. The highest BCUT2D eigenvalue weighted by Crippen LogP contribution is 2.12. The average Bonchev–Trinajstić information content (AvgIpc) is 1.84. The number of hydrogen-bond acceptors (Lipinski definition) is 2. The molecule has 0 unspecified atom stereocenters. The Hall–Kier alpha value is -0.505. The molecule has 4 heteroatoms. The molecule has 0 aromatic heterocycles. The number of halogens is 1. The Morgan fingerprint density at radius 3 is 1.67 bits per heavy atom. The minimum atomic E-state index is -0.750. The molecule has 12 heavy (non-hydrogen) atoms. The molecule has 0 atom stereocenters. The molecule has 1 aromatic carbocycles. The van der Waals surface area contributed by atoms with Gasteiger partial charge in [0.25, 0.3) is 0 Å². The molecule has 0 spiro atoms. The number of hydrogen-bond donors (Lipinski definition) is 2. The molecule has 0 saturated carbocycles. The van der Waals surface area contributed by atoms with E-state index in [1.54, 1.807) is 0 Å². The van der Waals surface area contributed by atoms with E-state index in [2.05, 4.69) is 6.07 Å². The second-order valence-electron chi connectivity index (χ2n) is 2.45. The fraction of sp³-hybridized carbons (Fsp3) is 0.250. The van der Waals surface area contributed by atoms with Crippen LogP contribution in [0.15, 0.2) is 18.2 Å². The lowest BCUT2D eigenvalue weighted by Gasteiger charge is -1.95.